The SMILES string of the molecule is NCC1(Cc2ccc(F)c(Cl)c2)CCCCC1O. The summed E-state index contributed by atoms with van der Waals surface area (Å²) in [6.07, 6.45) is 4.13. The molecule has 1 saturated carbocycles. The molecular weight excluding hydrogens is 253 g/mol. The largest absolute Gasteiger partial charge is 0.392 e. The number of nitrogens with two attached hydrogens (primary N) is 1. The second-order valence-electron chi connectivity index (χ2n) is 5.25. The van der Waals surface area contributed by atoms with Crippen molar-refractivity contribution in [2.24, 2.45) is 11.1 Å². The van der Waals surface area contributed by atoms with Crippen LogP contribution in [0.3, 0.4) is 0 Å². The van der Waals surface area contributed by atoms with Crippen molar-refractivity contribution in [1.82, 2.24) is 0 Å². The molecule has 0 spiro atoms. The van der Waals surface area contributed by atoms with E-state index in [1.54, 1.807) is 12.1 Å². The summed E-state index contributed by atoms with van der Waals surface area (Å²) in [5, 5.41) is 10.3. The van der Waals surface area contributed by atoms with Crippen LogP contribution in [0.15, 0.2) is 18.2 Å². The van der Waals surface area contributed by atoms with Crippen molar-refractivity contribution >= 4 is 11.6 Å². The Balaban J connectivity index is 2.21. The Morgan fingerprint density at radius 1 is 1.44 bits per heavy atom. The van der Waals surface area contributed by atoms with Crippen molar-refractivity contribution in [2.45, 2.75) is 38.2 Å². The lowest BCUT2D eigenvalue weighted by Crippen LogP contribution is -2.45. The highest BCUT2D eigenvalue weighted by Crippen LogP contribution is 2.39. The van der Waals surface area contributed by atoms with E-state index in [0.717, 1.165) is 31.2 Å². The maximum absolute atomic E-state index is 13.1. The second kappa shape index (κ2) is 5.55. The summed E-state index contributed by atoms with van der Waals surface area (Å²) < 4.78 is 13.1. The minimum Gasteiger partial charge on any atom is -0.392 e. The fraction of sp³-hybridized carbons (Fsp3) is 0.571. The fourth-order valence-corrected chi connectivity index (χ4v) is 3.06. The van der Waals surface area contributed by atoms with Gasteiger partial charge in [-0.15, -0.1) is 0 Å². The first-order valence-electron chi connectivity index (χ1n) is 6.39. The van der Waals surface area contributed by atoms with Crippen LogP contribution in [-0.4, -0.2) is 17.8 Å². The maximum atomic E-state index is 13.1. The van der Waals surface area contributed by atoms with Crippen molar-refractivity contribution in [3.63, 3.8) is 0 Å². The summed E-state index contributed by atoms with van der Waals surface area (Å²) in [4.78, 5) is 0. The van der Waals surface area contributed by atoms with Gasteiger partial charge in [0.25, 0.3) is 0 Å². The van der Waals surface area contributed by atoms with Crippen LogP contribution in [0, 0.1) is 11.2 Å². The molecule has 2 rings (SSSR count). The molecule has 2 nitrogen and oxygen atoms in total. The Morgan fingerprint density at radius 2 is 2.22 bits per heavy atom. The van der Waals surface area contributed by atoms with Crippen LogP contribution < -0.4 is 5.73 Å². The van der Waals surface area contributed by atoms with Crippen molar-refractivity contribution in [3.05, 3.63) is 34.6 Å². The minimum atomic E-state index is -0.411. The van der Waals surface area contributed by atoms with Crippen molar-refractivity contribution < 1.29 is 9.50 Å². The quantitative estimate of drug-likeness (QED) is 0.888. The molecule has 0 amide bonds. The number of aliphatic hydroxyl groups is 1. The van der Waals surface area contributed by atoms with Crippen LogP contribution in [0.25, 0.3) is 0 Å². The molecule has 100 valence electrons. The number of benzene rings is 1. The molecule has 1 aromatic carbocycles. The van der Waals surface area contributed by atoms with Gasteiger partial charge in [0.15, 0.2) is 0 Å². The predicted octanol–water partition coefficient (Wildman–Crippen LogP) is 2.90. The zero-order valence-electron chi connectivity index (χ0n) is 10.3. The topological polar surface area (TPSA) is 46.2 Å². The molecule has 18 heavy (non-hydrogen) atoms. The molecule has 1 aliphatic rings. The molecule has 0 aliphatic heterocycles. The van der Waals surface area contributed by atoms with Crippen LogP contribution >= 0.6 is 11.6 Å². The van der Waals surface area contributed by atoms with E-state index in [1.165, 1.54) is 6.07 Å². The minimum absolute atomic E-state index is 0.130. The third-order valence-corrected chi connectivity index (χ3v) is 4.35. The van der Waals surface area contributed by atoms with Crippen molar-refractivity contribution in [1.29, 1.82) is 0 Å². The average Bonchev–Trinajstić information content (AvgIpc) is 2.37. The summed E-state index contributed by atoms with van der Waals surface area (Å²) in [5.41, 5.74) is 6.54. The summed E-state index contributed by atoms with van der Waals surface area (Å²) in [7, 11) is 0. The van der Waals surface area contributed by atoms with Crippen LogP contribution in [0.4, 0.5) is 4.39 Å². The third-order valence-electron chi connectivity index (χ3n) is 4.06. The van der Waals surface area contributed by atoms with Gasteiger partial charge in [0.1, 0.15) is 5.82 Å². The maximum Gasteiger partial charge on any atom is 0.141 e. The van der Waals surface area contributed by atoms with E-state index in [0.29, 0.717) is 13.0 Å². The van der Waals surface area contributed by atoms with Gasteiger partial charge in [-0.05, 0) is 37.0 Å². The molecule has 1 fully saturated rings. The zero-order chi connectivity index (χ0) is 13.2. The Hall–Kier alpha value is -0.640. The Bertz CT molecular complexity index is 426. The molecule has 0 radical (unpaired) electrons. The van der Waals surface area contributed by atoms with Gasteiger partial charge >= 0.3 is 0 Å². The van der Waals surface area contributed by atoms with Gasteiger partial charge in [-0.25, -0.2) is 4.39 Å². The number of hydrogen-bond acceptors (Lipinski definition) is 2. The van der Waals surface area contributed by atoms with Gasteiger partial charge in [0.2, 0.25) is 0 Å². The molecule has 0 heterocycles. The normalized spacial score (nSPS) is 28.3. The highest BCUT2D eigenvalue weighted by Gasteiger charge is 2.38. The molecule has 1 aromatic rings. The lowest BCUT2D eigenvalue weighted by molar-refractivity contribution is -0.00585. The van der Waals surface area contributed by atoms with E-state index in [1.807, 2.05) is 0 Å². The summed E-state index contributed by atoms with van der Waals surface area (Å²) in [6, 6.07) is 4.73. The summed E-state index contributed by atoms with van der Waals surface area (Å²) in [6.45, 7) is 0.448. The highest BCUT2D eigenvalue weighted by molar-refractivity contribution is 6.30. The highest BCUT2D eigenvalue weighted by atomic mass is 35.5. The van der Waals surface area contributed by atoms with Gasteiger partial charge in [-0.1, -0.05) is 30.5 Å². The molecule has 0 bridgehead atoms. The van der Waals surface area contributed by atoms with Gasteiger partial charge in [0, 0.05) is 12.0 Å². The smallest absolute Gasteiger partial charge is 0.141 e. The van der Waals surface area contributed by atoms with Crippen molar-refractivity contribution in [3.8, 4) is 0 Å². The lowest BCUT2D eigenvalue weighted by atomic mass is 9.68. The molecule has 1 aliphatic carbocycles. The van der Waals surface area contributed by atoms with E-state index in [9.17, 15) is 9.50 Å². The number of aliphatic hydroxyl groups excluding tert-OH is 1. The van der Waals surface area contributed by atoms with E-state index in [-0.39, 0.29) is 16.5 Å². The fourth-order valence-electron chi connectivity index (χ4n) is 2.86. The predicted molar refractivity (Wildman–Crippen MR) is 71.1 cm³/mol. The zero-order valence-corrected chi connectivity index (χ0v) is 11.1. The van der Waals surface area contributed by atoms with Crippen LogP contribution in [0.5, 0.6) is 0 Å². The van der Waals surface area contributed by atoms with Gasteiger partial charge in [0.05, 0.1) is 11.1 Å². The molecular formula is C14H19ClFNO. The van der Waals surface area contributed by atoms with Crippen LogP contribution in [0.1, 0.15) is 31.2 Å². The van der Waals surface area contributed by atoms with E-state index >= 15 is 0 Å². The van der Waals surface area contributed by atoms with Crippen LogP contribution in [0.2, 0.25) is 5.02 Å². The molecule has 2 atom stereocenters. The Morgan fingerprint density at radius 3 is 2.83 bits per heavy atom. The number of hydrogen-bond donors (Lipinski definition) is 2. The molecule has 0 aromatic heterocycles. The second-order valence-corrected chi connectivity index (χ2v) is 5.66. The molecule has 3 N–H and O–H groups in total. The standard InChI is InChI=1S/C14H19ClFNO/c15-11-7-10(4-5-12(11)16)8-14(9-17)6-2-1-3-13(14)18/h4-5,7,13,18H,1-3,6,8-9,17H2. The number of halogens is 2. The first kappa shape index (κ1) is 13.8. The van der Waals surface area contributed by atoms with E-state index < -0.39 is 5.82 Å². The number of rotatable bonds is 3. The average molecular weight is 272 g/mol. The first-order chi connectivity index (χ1) is 8.57. The van der Waals surface area contributed by atoms with E-state index in [4.69, 9.17) is 17.3 Å². The Labute approximate surface area is 112 Å². The van der Waals surface area contributed by atoms with Gasteiger partial charge in [-0.3, -0.25) is 0 Å². The van der Waals surface area contributed by atoms with Gasteiger partial charge < -0.3 is 10.8 Å². The lowest BCUT2D eigenvalue weighted by Gasteiger charge is -2.41. The van der Waals surface area contributed by atoms with E-state index in [2.05, 4.69) is 0 Å². The van der Waals surface area contributed by atoms with Gasteiger partial charge in [-0.2, -0.15) is 0 Å². The molecule has 0 saturated heterocycles. The third kappa shape index (κ3) is 2.68. The van der Waals surface area contributed by atoms with Crippen LogP contribution in [-0.2, 0) is 6.42 Å². The van der Waals surface area contributed by atoms with Crippen molar-refractivity contribution in [2.75, 3.05) is 6.54 Å². The molecule has 2 unspecified atom stereocenters. The summed E-state index contributed by atoms with van der Waals surface area (Å²) in [5.74, 6) is -0.411. The molecule has 4 heteroatoms. The Kier molecular flexibility index (Phi) is 4.25. The summed E-state index contributed by atoms with van der Waals surface area (Å²) >= 11 is 5.79. The first-order valence-corrected chi connectivity index (χ1v) is 6.77. The monoisotopic (exact) mass is 271 g/mol.